The monoisotopic (exact) mass is 562 g/mol. The van der Waals surface area contributed by atoms with Gasteiger partial charge in [0, 0.05) is 24.7 Å². The van der Waals surface area contributed by atoms with Crippen molar-refractivity contribution in [2.24, 2.45) is 0 Å². The van der Waals surface area contributed by atoms with Crippen molar-refractivity contribution in [1.29, 1.82) is 0 Å². The molecule has 3 aromatic carbocycles. The first-order valence-electron chi connectivity index (χ1n) is 14.0. The third-order valence-electron chi connectivity index (χ3n) is 7.58. The van der Waals surface area contributed by atoms with E-state index in [4.69, 9.17) is 28.2 Å². The van der Waals surface area contributed by atoms with Crippen LogP contribution in [-0.2, 0) is 19.6 Å². The first-order chi connectivity index (χ1) is 19.0. The number of carbonyl (C=O) groups excluding carboxylic acids is 1. The van der Waals surface area contributed by atoms with E-state index >= 15 is 0 Å². The quantitative estimate of drug-likeness (QED) is 0.198. The van der Waals surface area contributed by atoms with Crippen molar-refractivity contribution >= 4 is 40.1 Å². The number of unbranched alkanes of at least 4 members (excludes halogenated alkanes) is 1. The molecule has 1 amide bonds. The van der Waals surface area contributed by atoms with Crippen molar-refractivity contribution in [2.75, 3.05) is 19.6 Å². The second kappa shape index (κ2) is 13.0. The second-order valence-corrected chi connectivity index (χ2v) is 11.3. The first-order valence-corrected chi connectivity index (χ1v) is 14.8. The molecule has 0 spiro atoms. The van der Waals surface area contributed by atoms with Crippen molar-refractivity contribution in [3.05, 3.63) is 99.3 Å². The molecule has 0 bridgehead atoms. The summed E-state index contributed by atoms with van der Waals surface area (Å²) in [6.45, 7) is 7.13. The van der Waals surface area contributed by atoms with Crippen molar-refractivity contribution in [1.82, 2.24) is 19.4 Å². The molecule has 1 aromatic heterocycles. The summed E-state index contributed by atoms with van der Waals surface area (Å²) >= 11 is 12.7. The van der Waals surface area contributed by atoms with Crippen LogP contribution in [-0.4, -0.2) is 44.9 Å². The van der Waals surface area contributed by atoms with Gasteiger partial charge in [-0.25, -0.2) is 4.98 Å². The van der Waals surface area contributed by atoms with Gasteiger partial charge >= 0.3 is 0 Å². The Hall–Kier alpha value is -2.86. The van der Waals surface area contributed by atoms with Gasteiger partial charge in [-0.2, -0.15) is 0 Å². The van der Waals surface area contributed by atoms with Gasteiger partial charge < -0.3 is 9.47 Å². The van der Waals surface area contributed by atoms with Crippen LogP contribution in [0.2, 0.25) is 10.0 Å². The van der Waals surface area contributed by atoms with Gasteiger partial charge in [0.2, 0.25) is 0 Å². The predicted octanol–water partition coefficient (Wildman–Crippen LogP) is 7.82. The number of rotatable bonds is 10. The number of benzene rings is 3. The van der Waals surface area contributed by atoms with Gasteiger partial charge in [-0.15, -0.1) is 0 Å². The van der Waals surface area contributed by atoms with Crippen molar-refractivity contribution in [3.63, 3.8) is 0 Å². The van der Waals surface area contributed by atoms with Crippen LogP contribution in [0.3, 0.4) is 0 Å². The van der Waals surface area contributed by atoms with Crippen LogP contribution in [0.1, 0.15) is 66.3 Å². The van der Waals surface area contributed by atoms with E-state index in [2.05, 4.69) is 52.8 Å². The molecule has 39 heavy (non-hydrogen) atoms. The summed E-state index contributed by atoms with van der Waals surface area (Å²) in [6.07, 6.45) is 5.75. The normalized spacial score (nSPS) is 14.1. The van der Waals surface area contributed by atoms with Gasteiger partial charge in [-0.3, -0.25) is 9.69 Å². The molecule has 1 saturated heterocycles. The van der Waals surface area contributed by atoms with Crippen LogP contribution in [0.25, 0.3) is 11.0 Å². The number of hydrogen-bond donors (Lipinski definition) is 0. The number of nitrogens with zero attached hydrogens (tertiary/aromatic N) is 4. The molecular weight excluding hydrogens is 527 g/mol. The second-order valence-electron chi connectivity index (χ2n) is 10.4. The largest absolute Gasteiger partial charge is 0.331 e. The number of piperidine rings is 1. The number of halogens is 2. The molecule has 4 aromatic rings. The molecule has 0 radical (unpaired) electrons. The van der Waals surface area contributed by atoms with E-state index in [1.54, 1.807) is 18.2 Å². The minimum atomic E-state index is -0.125. The Morgan fingerprint density at radius 2 is 1.64 bits per heavy atom. The van der Waals surface area contributed by atoms with Crippen LogP contribution in [0, 0.1) is 0 Å². The minimum Gasteiger partial charge on any atom is -0.331 e. The van der Waals surface area contributed by atoms with E-state index in [1.165, 1.54) is 30.4 Å². The molecular formula is C32H36Cl2N4O. The highest BCUT2D eigenvalue weighted by atomic mass is 35.5. The minimum absolute atomic E-state index is 0.125. The molecule has 0 unspecified atom stereocenters. The van der Waals surface area contributed by atoms with Gasteiger partial charge in [0.05, 0.1) is 28.2 Å². The summed E-state index contributed by atoms with van der Waals surface area (Å²) in [5.74, 6) is 0.742. The van der Waals surface area contributed by atoms with Crippen LogP contribution in [0.5, 0.6) is 0 Å². The standard InChI is InChI=1S/C32H36Cl2N4O/c1-2-3-19-37(32(39)27-20-26(33)15-16-28(27)34)23-31-35-29-13-7-8-14-30(29)38(31)22-25-12-6-5-11-24(25)21-36-17-9-4-10-18-36/h5-8,11-16,20H,2-4,9-10,17-19,21-23H2,1H3. The predicted molar refractivity (Wildman–Crippen MR) is 161 cm³/mol. The molecule has 2 heterocycles. The van der Waals surface area contributed by atoms with Crippen LogP contribution >= 0.6 is 23.2 Å². The lowest BCUT2D eigenvalue weighted by Crippen LogP contribution is -2.33. The Bertz CT molecular complexity index is 1430. The zero-order valence-corrected chi connectivity index (χ0v) is 24.1. The fourth-order valence-corrected chi connectivity index (χ4v) is 5.79. The summed E-state index contributed by atoms with van der Waals surface area (Å²) in [4.78, 5) is 23.2. The Morgan fingerprint density at radius 1 is 0.923 bits per heavy atom. The summed E-state index contributed by atoms with van der Waals surface area (Å²) in [6, 6.07) is 22.0. The van der Waals surface area contributed by atoms with E-state index in [0.717, 1.165) is 49.3 Å². The summed E-state index contributed by atoms with van der Waals surface area (Å²) in [7, 11) is 0. The third kappa shape index (κ3) is 6.66. The Morgan fingerprint density at radius 3 is 2.41 bits per heavy atom. The fraction of sp³-hybridized carbons (Fsp3) is 0.375. The molecule has 0 N–H and O–H groups in total. The molecule has 1 aliphatic heterocycles. The maximum Gasteiger partial charge on any atom is 0.255 e. The van der Waals surface area contributed by atoms with Crippen molar-refractivity contribution < 1.29 is 4.79 Å². The first kappa shape index (κ1) is 27.7. The van der Waals surface area contributed by atoms with Crippen LogP contribution < -0.4 is 0 Å². The summed E-state index contributed by atoms with van der Waals surface area (Å²) in [5.41, 5.74) is 5.08. The molecule has 7 heteroatoms. The van der Waals surface area contributed by atoms with E-state index in [-0.39, 0.29) is 5.91 Å². The number of aromatic nitrogens is 2. The number of carbonyl (C=O) groups is 1. The summed E-state index contributed by atoms with van der Waals surface area (Å²) < 4.78 is 2.27. The highest BCUT2D eigenvalue weighted by Gasteiger charge is 2.23. The number of para-hydroxylation sites is 2. The number of amides is 1. The lowest BCUT2D eigenvalue weighted by Gasteiger charge is -2.27. The highest BCUT2D eigenvalue weighted by molar-refractivity contribution is 6.35. The van der Waals surface area contributed by atoms with Crippen molar-refractivity contribution in [2.45, 2.75) is 58.7 Å². The van der Waals surface area contributed by atoms with E-state index < -0.39 is 0 Å². The average molecular weight is 564 g/mol. The Kier molecular flexibility index (Phi) is 9.23. The zero-order valence-electron chi connectivity index (χ0n) is 22.6. The van der Waals surface area contributed by atoms with Crippen LogP contribution in [0.4, 0.5) is 0 Å². The molecule has 204 valence electrons. The average Bonchev–Trinajstić information content (AvgIpc) is 3.30. The van der Waals surface area contributed by atoms with Gasteiger partial charge in [-0.1, -0.05) is 79.4 Å². The lowest BCUT2D eigenvalue weighted by molar-refractivity contribution is 0.0735. The summed E-state index contributed by atoms with van der Waals surface area (Å²) in [5, 5.41) is 0.904. The maximum atomic E-state index is 13.7. The number of hydrogen-bond acceptors (Lipinski definition) is 3. The van der Waals surface area contributed by atoms with Crippen molar-refractivity contribution in [3.8, 4) is 0 Å². The van der Waals surface area contributed by atoms with Gasteiger partial charge in [0.15, 0.2) is 0 Å². The number of fused-ring (bicyclic) bond motifs is 1. The topological polar surface area (TPSA) is 41.4 Å². The Labute approximate surface area is 241 Å². The van der Waals surface area contributed by atoms with Gasteiger partial charge in [-0.05, 0) is 73.8 Å². The molecule has 5 rings (SSSR count). The van der Waals surface area contributed by atoms with Gasteiger partial charge in [0.1, 0.15) is 5.82 Å². The van der Waals surface area contributed by atoms with E-state index in [1.807, 2.05) is 17.0 Å². The zero-order chi connectivity index (χ0) is 27.2. The highest BCUT2D eigenvalue weighted by Crippen LogP contribution is 2.26. The molecule has 1 aliphatic rings. The third-order valence-corrected chi connectivity index (χ3v) is 8.15. The lowest BCUT2D eigenvalue weighted by atomic mass is 10.0. The smallest absolute Gasteiger partial charge is 0.255 e. The molecule has 0 saturated carbocycles. The molecule has 1 fully saturated rings. The van der Waals surface area contributed by atoms with E-state index in [0.29, 0.717) is 35.2 Å². The maximum absolute atomic E-state index is 13.7. The number of likely N-dealkylation sites (tertiary alicyclic amines) is 1. The van der Waals surface area contributed by atoms with Gasteiger partial charge in [0.25, 0.3) is 5.91 Å². The fourth-order valence-electron chi connectivity index (χ4n) is 5.42. The van der Waals surface area contributed by atoms with E-state index in [9.17, 15) is 4.79 Å². The molecule has 0 atom stereocenters. The Balaban J connectivity index is 1.48. The molecule has 0 aliphatic carbocycles. The SMILES string of the molecule is CCCCN(Cc1nc2ccccc2n1Cc1ccccc1CN1CCCCC1)C(=O)c1cc(Cl)ccc1Cl. The van der Waals surface area contributed by atoms with Crippen LogP contribution in [0.15, 0.2) is 66.7 Å². The number of imidazole rings is 1. The molecule has 5 nitrogen and oxygen atoms in total.